The molecule has 0 bridgehead atoms. The summed E-state index contributed by atoms with van der Waals surface area (Å²) in [6.45, 7) is 0.562. The van der Waals surface area contributed by atoms with Crippen LogP contribution in [-0.2, 0) is 13.0 Å². The van der Waals surface area contributed by atoms with Crippen LogP contribution >= 0.6 is 0 Å². The molecule has 2 heterocycles. The molecule has 2 aromatic heterocycles. The molecule has 20 heavy (non-hydrogen) atoms. The molecule has 0 spiro atoms. The summed E-state index contributed by atoms with van der Waals surface area (Å²) in [5.74, 6) is 0.832. The second kappa shape index (κ2) is 5.21. The van der Waals surface area contributed by atoms with Crippen molar-refractivity contribution in [3.8, 4) is 5.75 Å². The quantitative estimate of drug-likeness (QED) is 0.725. The SMILES string of the molecule is COc1ccc(CCn2nc3ccccn3c2=O)cc1. The zero-order chi connectivity index (χ0) is 13.9. The third-order valence-electron chi connectivity index (χ3n) is 3.26. The highest BCUT2D eigenvalue weighted by Crippen LogP contribution is 2.11. The van der Waals surface area contributed by atoms with Crippen molar-refractivity contribution in [3.63, 3.8) is 0 Å². The lowest BCUT2D eigenvalue weighted by atomic mass is 10.1. The van der Waals surface area contributed by atoms with Crippen molar-refractivity contribution in [2.75, 3.05) is 7.11 Å². The van der Waals surface area contributed by atoms with Crippen LogP contribution in [0.15, 0.2) is 53.5 Å². The number of ether oxygens (including phenoxy) is 1. The van der Waals surface area contributed by atoms with Gasteiger partial charge in [0.2, 0.25) is 0 Å². The Hall–Kier alpha value is -2.56. The average Bonchev–Trinajstić information content (AvgIpc) is 2.83. The zero-order valence-electron chi connectivity index (χ0n) is 11.2. The summed E-state index contributed by atoms with van der Waals surface area (Å²) in [7, 11) is 1.64. The Balaban J connectivity index is 1.79. The second-order valence-corrected chi connectivity index (χ2v) is 4.53. The predicted octanol–water partition coefficient (Wildman–Crippen LogP) is 1.75. The molecule has 0 N–H and O–H groups in total. The number of hydrogen-bond donors (Lipinski definition) is 0. The number of pyridine rings is 1. The molecule has 3 aromatic rings. The first-order valence-corrected chi connectivity index (χ1v) is 6.45. The van der Waals surface area contributed by atoms with E-state index in [0.29, 0.717) is 12.2 Å². The van der Waals surface area contributed by atoms with E-state index in [4.69, 9.17) is 4.74 Å². The molecule has 3 rings (SSSR count). The van der Waals surface area contributed by atoms with Crippen LogP contribution in [-0.4, -0.2) is 21.3 Å². The number of methoxy groups -OCH3 is 1. The van der Waals surface area contributed by atoms with Crippen molar-refractivity contribution in [1.29, 1.82) is 0 Å². The maximum absolute atomic E-state index is 12.1. The van der Waals surface area contributed by atoms with Gasteiger partial charge in [0.1, 0.15) is 5.75 Å². The van der Waals surface area contributed by atoms with Crippen LogP contribution in [0.1, 0.15) is 5.56 Å². The number of aryl methyl sites for hydroxylation is 2. The van der Waals surface area contributed by atoms with Crippen LogP contribution in [0.25, 0.3) is 5.65 Å². The molecule has 0 aliphatic rings. The maximum atomic E-state index is 12.1. The first kappa shape index (κ1) is 12.5. The van der Waals surface area contributed by atoms with Gasteiger partial charge in [0.05, 0.1) is 13.7 Å². The molecular formula is C15H15N3O2. The van der Waals surface area contributed by atoms with Crippen molar-refractivity contribution in [3.05, 3.63) is 64.7 Å². The number of aromatic nitrogens is 3. The molecule has 0 saturated heterocycles. The standard InChI is InChI=1S/C15H15N3O2/c1-20-13-7-5-12(6-8-13)9-11-18-15(19)17-10-3-2-4-14(17)16-18/h2-8,10H,9,11H2,1H3. The van der Waals surface area contributed by atoms with E-state index < -0.39 is 0 Å². The minimum Gasteiger partial charge on any atom is -0.497 e. The molecule has 0 atom stereocenters. The minimum absolute atomic E-state index is 0.103. The molecule has 0 aliphatic heterocycles. The van der Waals surface area contributed by atoms with E-state index >= 15 is 0 Å². The maximum Gasteiger partial charge on any atom is 0.350 e. The zero-order valence-corrected chi connectivity index (χ0v) is 11.2. The van der Waals surface area contributed by atoms with Crippen LogP contribution in [0.4, 0.5) is 0 Å². The number of nitrogens with zero attached hydrogens (tertiary/aromatic N) is 3. The van der Waals surface area contributed by atoms with Gasteiger partial charge in [-0.25, -0.2) is 9.48 Å². The molecule has 1 aromatic carbocycles. The van der Waals surface area contributed by atoms with E-state index in [9.17, 15) is 4.79 Å². The van der Waals surface area contributed by atoms with Gasteiger partial charge in [-0.3, -0.25) is 4.40 Å². The average molecular weight is 269 g/mol. The van der Waals surface area contributed by atoms with Crippen LogP contribution in [0, 0.1) is 0 Å². The van der Waals surface area contributed by atoms with Crippen molar-refractivity contribution >= 4 is 5.65 Å². The van der Waals surface area contributed by atoms with E-state index in [-0.39, 0.29) is 5.69 Å². The van der Waals surface area contributed by atoms with Crippen molar-refractivity contribution in [2.45, 2.75) is 13.0 Å². The van der Waals surface area contributed by atoms with Gasteiger partial charge in [0.25, 0.3) is 0 Å². The Kier molecular flexibility index (Phi) is 3.25. The molecule has 0 unspecified atom stereocenters. The Morgan fingerprint density at radius 1 is 1.15 bits per heavy atom. The van der Waals surface area contributed by atoms with Crippen LogP contribution in [0.2, 0.25) is 0 Å². The number of rotatable bonds is 4. The Morgan fingerprint density at radius 2 is 1.95 bits per heavy atom. The summed E-state index contributed by atoms with van der Waals surface area (Å²) in [5.41, 5.74) is 1.72. The van der Waals surface area contributed by atoms with Crippen molar-refractivity contribution in [2.24, 2.45) is 0 Å². The highest BCUT2D eigenvalue weighted by Gasteiger charge is 2.05. The van der Waals surface area contributed by atoms with E-state index in [1.165, 1.54) is 4.68 Å². The highest BCUT2D eigenvalue weighted by molar-refractivity contribution is 5.35. The summed E-state index contributed by atoms with van der Waals surface area (Å²) in [6, 6.07) is 13.4. The molecule has 0 amide bonds. The first-order valence-electron chi connectivity index (χ1n) is 6.45. The van der Waals surface area contributed by atoms with E-state index in [0.717, 1.165) is 17.7 Å². The summed E-state index contributed by atoms with van der Waals surface area (Å²) in [5, 5.41) is 4.30. The lowest BCUT2D eigenvalue weighted by Gasteiger charge is -2.03. The van der Waals surface area contributed by atoms with E-state index in [2.05, 4.69) is 5.10 Å². The minimum atomic E-state index is -0.103. The molecule has 0 aliphatic carbocycles. The molecule has 102 valence electrons. The number of fused-ring (bicyclic) bond motifs is 1. The van der Waals surface area contributed by atoms with Crippen LogP contribution < -0.4 is 10.4 Å². The van der Waals surface area contributed by atoms with E-state index in [1.54, 1.807) is 17.7 Å². The van der Waals surface area contributed by atoms with Gasteiger partial charge in [-0.15, -0.1) is 5.10 Å². The molecule has 5 heteroatoms. The normalized spacial score (nSPS) is 10.8. The summed E-state index contributed by atoms with van der Waals surface area (Å²) < 4.78 is 8.17. The van der Waals surface area contributed by atoms with E-state index in [1.807, 2.05) is 42.5 Å². The largest absolute Gasteiger partial charge is 0.497 e. The van der Waals surface area contributed by atoms with Gasteiger partial charge < -0.3 is 4.74 Å². The smallest absolute Gasteiger partial charge is 0.350 e. The lowest BCUT2D eigenvalue weighted by molar-refractivity contribution is 0.414. The number of hydrogen-bond acceptors (Lipinski definition) is 3. The molecule has 0 saturated carbocycles. The van der Waals surface area contributed by atoms with Crippen LogP contribution in [0.5, 0.6) is 5.75 Å². The van der Waals surface area contributed by atoms with Gasteiger partial charge in [0, 0.05) is 6.20 Å². The topological polar surface area (TPSA) is 48.5 Å². The Labute approximate surface area is 116 Å². The van der Waals surface area contributed by atoms with Gasteiger partial charge in [-0.2, -0.15) is 0 Å². The fraction of sp³-hybridized carbons (Fsp3) is 0.200. The molecular weight excluding hydrogens is 254 g/mol. The van der Waals surface area contributed by atoms with Crippen molar-refractivity contribution < 1.29 is 4.74 Å². The third-order valence-corrected chi connectivity index (χ3v) is 3.26. The predicted molar refractivity (Wildman–Crippen MR) is 76.2 cm³/mol. The second-order valence-electron chi connectivity index (χ2n) is 4.53. The van der Waals surface area contributed by atoms with Crippen molar-refractivity contribution in [1.82, 2.24) is 14.2 Å². The van der Waals surface area contributed by atoms with Gasteiger partial charge >= 0.3 is 5.69 Å². The fourth-order valence-electron chi connectivity index (χ4n) is 2.14. The summed E-state index contributed by atoms with van der Waals surface area (Å²) in [4.78, 5) is 12.1. The highest BCUT2D eigenvalue weighted by atomic mass is 16.5. The molecule has 0 radical (unpaired) electrons. The first-order chi connectivity index (χ1) is 9.78. The van der Waals surface area contributed by atoms with Crippen LogP contribution in [0.3, 0.4) is 0 Å². The Morgan fingerprint density at radius 3 is 2.65 bits per heavy atom. The summed E-state index contributed by atoms with van der Waals surface area (Å²) in [6.07, 6.45) is 2.49. The fourth-order valence-corrected chi connectivity index (χ4v) is 2.14. The van der Waals surface area contributed by atoms with Gasteiger partial charge in [-0.1, -0.05) is 18.2 Å². The van der Waals surface area contributed by atoms with Gasteiger partial charge in [0.15, 0.2) is 5.65 Å². The third kappa shape index (κ3) is 2.30. The lowest BCUT2D eigenvalue weighted by Crippen LogP contribution is -2.21. The molecule has 0 fully saturated rings. The monoisotopic (exact) mass is 269 g/mol. The summed E-state index contributed by atoms with van der Waals surface area (Å²) >= 11 is 0. The Bertz CT molecular complexity index is 772. The molecule has 5 nitrogen and oxygen atoms in total. The van der Waals surface area contributed by atoms with Gasteiger partial charge in [-0.05, 0) is 36.2 Å². The number of benzene rings is 1.